The van der Waals surface area contributed by atoms with Gasteiger partial charge in [-0.05, 0) is 37.3 Å². The van der Waals surface area contributed by atoms with Crippen molar-refractivity contribution in [3.05, 3.63) is 24.0 Å². The predicted molar refractivity (Wildman–Crippen MR) is 80.7 cm³/mol. The van der Waals surface area contributed by atoms with E-state index in [-0.39, 0.29) is 21.9 Å². The van der Waals surface area contributed by atoms with Gasteiger partial charge in [-0.15, -0.1) is 0 Å². The Bertz CT molecular complexity index is 578. The Hall–Kier alpha value is -0.790. The molecule has 2 rings (SSSR count). The molecule has 2 atom stereocenters. The molecule has 1 fully saturated rings. The third-order valence-electron chi connectivity index (χ3n) is 3.57. The van der Waals surface area contributed by atoms with E-state index in [1.807, 2.05) is 6.26 Å². The number of nitrogens with two attached hydrogens (primary N) is 1. The number of rotatable bonds is 4. The van der Waals surface area contributed by atoms with Gasteiger partial charge in [0, 0.05) is 11.3 Å². The van der Waals surface area contributed by atoms with Crippen LogP contribution in [-0.2, 0) is 10.0 Å². The van der Waals surface area contributed by atoms with Crippen molar-refractivity contribution in [2.45, 2.75) is 41.9 Å². The largest absolute Gasteiger partial charge is 0.398 e. The fraction of sp³-hybridized carbons (Fsp3) is 0.538. The van der Waals surface area contributed by atoms with Crippen molar-refractivity contribution in [2.75, 3.05) is 12.0 Å². The average Bonchev–Trinajstić information content (AvgIpc) is 2.38. The summed E-state index contributed by atoms with van der Waals surface area (Å²) >= 11 is 1.68. The van der Waals surface area contributed by atoms with E-state index < -0.39 is 15.8 Å². The lowest BCUT2D eigenvalue weighted by molar-refractivity contribution is 0.423. The number of thioether (sulfide) groups is 1. The van der Waals surface area contributed by atoms with Gasteiger partial charge in [0.1, 0.15) is 10.7 Å². The van der Waals surface area contributed by atoms with Crippen molar-refractivity contribution in [3.8, 4) is 0 Å². The van der Waals surface area contributed by atoms with Gasteiger partial charge >= 0.3 is 0 Å². The Morgan fingerprint density at radius 1 is 1.35 bits per heavy atom. The second-order valence-corrected chi connectivity index (χ2v) is 7.73. The fourth-order valence-electron chi connectivity index (χ4n) is 2.54. The van der Waals surface area contributed by atoms with Crippen LogP contribution in [0, 0.1) is 5.82 Å². The minimum atomic E-state index is -3.71. The lowest BCUT2D eigenvalue weighted by Crippen LogP contribution is -2.43. The topological polar surface area (TPSA) is 72.2 Å². The van der Waals surface area contributed by atoms with Gasteiger partial charge in [0.15, 0.2) is 0 Å². The number of nitrogens with one attached hydrogen (secondary N) is 1. The van der Waals surface area contributed by atoms with Crippen molar-refractivity contribution in [1.29, 1.82) is 0 Å². The van der Waals surface area contributed by atoms with Gasteiger partial charge in [-0.25, -0.2) is 17.5 Å². The summed E-state index contributed by atoms with van der Waals surface area (Å²) in [6.45, 7) is 0. The average molecular weight is 318 g/mol. The number of halogens is 1. The highest BCUT2D eigenvalue weighted by Crippen LogP contribution is 2.29. The van der Waals surface area contributed by atoms with Gasteiger partial charge in [-0.2, -0.15) is 11.8 Å². The van der Waals surface area contributed by atoms with Crippen LogP contribution >= 0.6 is 11.8 Å². The number of hydrogen-bond acceptors (Lipinski definition) is 4. The first-order chi connectivity index (χ1) is 9.44. The van der Waals surface area contributed by atoms with Crippen LogP contribution in [0.15, 0.2) is 23.1 Å². The first-order valence-electron chi connectivity index (χ1n) is 6.54. The van der Waals surface area contributed by atoms with E-state index in [0.29, 0.717) is 0 Å². The predicted octanol–water partition coefficient (Wildman–Crippen LogP) is 2.36. The molecule has 20 heavy (non-hydrogen) atoms. The Labute approximate surface area is 123 Å². The minimum Gasteiger partial charge on any atom is -0.398 e. The zero-order valence-corrected chi connectivity index (χ0v) is 12.9. The maximum atomic E-state index is 13.0. The first-order valence-corrected chi connectivity index (χ1v) is 9.31. The van der Waals surface area contributed by atoms with Crippen LogP contribution in [0.1, 0.15) is 25.7 Å². The summed E-state index contributed by atoms with van der Waals surface area (Å²) in [6, 6.07) is 3.26. The lowest BCUT2D eigenvalue weighted by atomic mass is 9.96. The highest BCUT2D eigenvalue weighted by Gasteiger charge is 2.29. The van der Waals surface area contributed by atoms with Crippen molar-refractivity contribution in [2.24, 2.45) is 0 Å². The molecule has 1 aromatic carbocycles. The molecule has 1 aromatic rings. The van der Waals surface area contributed by atoms with Crippen LogP contribution in [0.5, 0.6) is 0 Å². The van der Waals surface area contributed by atoms with Crippen LogP contribution in [0.25, 0.3) is 0 Å². The summed E-state index contributed by atoms with van der Waals surface area (Å²) in [5.41, 5.74) is 5.55. The summed E-state index contributed by atoms with van der Waals surface area (Å²) in [4.78, 5) is -0.0515. The molecule has 3 N–H and O–H groups in total. The minimum absolute atomic E-state index is 0.0515. The van der Waals surface area contributed by atoms with Crippen molar-refractivity contribution >= 4 is 27.5 Å². The molecule has 4 nitrogen and oxygen atoms in total. The smallest absolute Gasteiger partial charge is 0.242 e. The van der Waals surface area contributed by atoms with Crippen LogP contribution in [0.4, 0.5) is 10.1 Å². The number of sulfonamides is 1. The van der Waals surface area contributed by atoms with Crippen LogP contribution in [0.3, 0.4) is 0 Å². The normalized spacial score (nSPS) is 23.7. The molecule has 0 radical (unpaired) electrons. The second kappa shape index (κ2) is 6.32. The molecular formula is C13H19FN2O2S2. The van der Waals surface area contributed by atoms with Crippen molar-refractivity contribution < 1.29 is 12.8 Å². The van der Waals surface area contributed by atoms with E-state index in [0.717, 1.165) is 37.8 Å². The molecule has 0 bridgehead atoms. The van der Waals surface area contributed by atoms with E-state index in [1.165, 1.54) is 6.07 Å². The molecule has 1 aliphatic carbocycles. The zero-order chi connectivity index (χ0) is 14.8. The highest BCUT2D eigenvalue weighted by atomic mass is 32.2. The second-order valence-electron chi connectivity index (χ2n) is 4.97. The monoisotopic (exact) mass is 318 g/mol. The Morgan fingerprint density at radius 2 is 2.05 bits per heavy atom. The van der Waals surface area contributed by atoms with Crippen molar-refractivity contribution in [1.82, 2.24) is 4.72 Å². The SMILES string of the molecule is CSC1CCCCC1NS(=O)(=O)c1ccc(F)cc1N. The van der Waals surface area contributed by atoms with Gasteiger partial charge in [0.05, 0.1) is 5.69 Å². The molecule has 0 aliphatic heterocycles. The molecule has 0 amide bonds. The van der Waals surface area contributed by atoms with E-state index in [1.54, 1.807) is 11.8 Å². The van der Waals surface area contributed by atoms with Crippen molar-refractivity contribution in [3.63, 3.8) is 0 Å². The lowest BCUT2D eigenvalue weighted by Gasteiger charge is -2.30. The Balaban J connectivity index is 2.22. The van der Waals surface area contributed by atoms with Crippen LogP contribution in [0.2, 0.25) is 0 Å². The van der Waals surface area contributed by atoms with E-state index in [4.69, 9.17) is 5.73 Å². The number of benzene rings is 1. The molecule has 112 valence electrons. The number of anilines is 1. The summed E-state index contributed by atoms with van der Waals surface area (Å²) in [6.07, 6.45) is 5.97. The Kier molecular flexibility index (Phi) is 4.93. The Morgan fingerprint density at radius 3 is 2.70 bits per heavy atom. The zero-order valence-electron chi connectivity index (χ0n) is 11.3. The summed E-state index contributed by atoms with van der Waals surface area (Å²) in [5, 5.41) is 0.278. The van der Waals surface area contributed by atoms with Gasteiger partial charge in [-0.3, -0.25) is 0 Å². The summed E-state index contributed by atoms with van der Waals surface area (Å²) in [5.74, 6) is -0.541. The van der Waals surface area contributed by atoms with Crippen LogP contribution < -0.4 is 10.5 Å². The fourth-order valence-corrected chi connectivity index (χ4v) is 4.99. The van der Waals surface area contributed by atoms with Gasteiger partial charge in [0.2, 0.25) is 10.0 Å². The molecule has 0 heterocycles. The van der Waals surface area contributed by atoms with Gasteiger partial charge < -0.3 is 5.73 Å². The van der Waals surface area contributed by atoms with E-state index in [2.05, 4.69) is 4.72 Å². The molecule has 1 aliphatic rings. The quantitative estimate of drug-likeness (QED) is 0.836. The number of nitrogen functional groups attached to an aromatic ring is 1. The first kappa shape index (κ1) is 15.6. The molecule has 0 aromatic heterocycles. The maximum Gasteiger partial charge on any atom is 0.242 e. The van der Waals surface area contributed by atoms with Crippen LogP contribution in [-0.4, -0.2) is 26.0 Å². The summed E-state index contributed by atoms with van der Waals surface area (Å²) < 4.78 is 40.5. The maximum absolute atomic E-state index is 13.0. The van der Waals surface area contributed by atoms with E-state index in [9.17, 15) is 12.8 Å². The van der Waals surface area contributed by atoms with Gasteiger partial charge in [0.25, 0.3) is 0 Å². The standard InChI is InChI=1S/C13H19FN2O2S2/c1-19-12-5-3-2-4-11(12)16-20(17,18)13-7-6-9(14)8-10(13)15/h6-8,11-12,16H,2-5,15H2,1H3. The molecule has 7 heteroatoms. The molecular weight excluding hydrogens is 299 g/mol. The molecule has 2 unspecified atom stereocenters. The van der Waals surface area contributed by atoms with E-state index >= 15 is 0 Å². The molecule has 1 saturated carbocycles. The van der Waals surface area contributed by atoms with Gasteiger partial charge in [-0.1, -0.05) is 12.8 Å². The third-order valence-corrected chi connectivity index (χ3v) is 6.31. The third kappa shape index (κ3) is 3.45. The summed E-state index contributed by atoms with van der Waals surface area (Å²) in [7, 11) is -3.71. The highest BCUT2D eigenvalue weighted by molar-refractivity contribution is 7.99. The molecule has 0 saturated heterocycles. The number of hydrogen-bond donors (Lipinski definition) is 2. The molecule has 0 spiro atoms.